The van der Waals surface area contributed by atoms with E-state index in [0.29, 0.717) is 18.7 Å². The average Bonchev–Trinajstić information content (AvgIpc) is 2.56. The van der Waals surface area contributed by atoms with E-state index in [9.17, 15) is 18.0 Å². The van der Waals surface area contributed by atoms with Gasteiger partial charge in [-0.15, -0.1) is 0 Å². The molecule has 2 N–H and O–H groups in total. The first-order valence-corrected chi connectivity index (χ1v) is 10.3. The minimum Gasteiger partial charge on any atom is -0.478 e. The number of aromatic carboxylic acids is 1. The Morgan fingerprint density at radius 1 is 1.17 bits per heavy atom. The summed E-state index contributed by atoms with van der Waals surface area (Å²) in [7, 11) is -3.33. The van der Waals surface area contributed by atoms with Crippen LogP contribution in [0, 0.1) is 0 Å². The fraction of sp³-hybridized carbons (Fsp3) is 0.467. The minimum absolute atomic E-state index is 0.0675. The Morgan fingerprint density at radius 2 is 1.79 bits per heavy atom. The number of sulfonamides is 1. The Morgan fingerprint density at radius 3 is 2.38 bits per heavy atom. The molecule has 132 valence electrons. The van der Waals surface area contributed by atoms with Crippen molar-refractivity contribution in [3.63, 3.8) is 0 Å². The number of carboxylic acids is 1. The van der Waals surface area contributed by atoms with E-state index in [1.165, 1.54) is 16.4 Å². The third-order valence-electron chi connectivity index (χ3n) is 3.61. The molecule has 1 heterocycles. The van der Waals surface area contributed by atoms with Gasteiger partial charge in [0.05, 0.1) is 17.7 Å². The van der Waals surface area contributed by atoms with Crippen molar-refractivity contribution in [3.8, 4) is 0 Å². The summed E-state index contributed by atoms with van der Waals surface area (Å²) in [5.74, 6) is 0.187. The third-order valence-corrected chi connectivity index (χ3v) is 6.43. The summed E-state index contributed by atoms with van der Waals surface area (Å²) < 4.78 is 25.7. The van der Waals surface area contributed by atoms with Crippen LogP contribution in [0.5, 0.6) is 0 Å². The minimum atomic E-state index is -3.33. The topological polar surface area (TPSA) is 104 Å². The molecule has 1 aromatic carbocycles. The first-order chi connectivity index (χ1) is 11.4. The van der Waals surface area contributed by atoms with E-state index in [1.807, 2.05) is 0 Å². The smallest absolute Gasteiger partial charge is 0.335 e. The first-order valence-electron chi connectivity index (χ1n) is 7.53. The van der Waals surface area contributed by atoms with Crippen molar-refractivity contribution < 1.29 is 23.1 Å². The standard InChI is InChI=1S/C15H20N2O5S2/c18-14(11-12-1-3-13(4-2-12)15(19)20)16-5-10-24(21,22)17-6-8-23-9-7-17/h1-4H,5-11H2,(H,16,18)(H,19,20). The number of carboxylic acid groups (broad SMARTS) is 1. The number of hydrogen-bond acceptors (Lipinski definition) is 5. The molecule has 0 spiro atoms. The van der Waals surface area contributed by atoms with E-state index < -0.39 is 16.0 Å². The van der Waals surface area contributed by atoms with Crippen molar-refractivity contribution >= 4 is 33.7 Å². The van der Waals surface area contributed by atoms with Gasteiger partial charge < -0.3 is 10.4 Å². The molecular formula is C15H20N2O5S2. The van der Waals surface area contributed by atoms with E-state index in [-0.39, 0.29) is 30.2 Å². The largest absolute Gasteiger partial charge is 0.478 e. The van der Waals surface area contributed by atoms with Crippen molar-refractivity contribution in [2.24, 2.45) is 0 Å². The lowest BCUT2D eigenvalue weighted by Gasteiger charge is -2.25. The number of nitrogens with zero attached hydrogens (tertiary/aromatic N) is 1. The SMILES string of the molecule is O=C(Cc1ccc(C(=O)O)cc1)NCCS(=O)(=O)N1CCSCC1. The monoisotopic (exact) mass is 372 g/mol. The summed E-state index contributed by atoms with van der Waals surface area (Å²) in [5, 5.41) is 11.4. The van der Waals surface area contributed by atoms with Gasteiger partial charge >= 0.3 is 5.97 Å². The van der Waals surface area contributed by atoms with Crippen molar-refractivity contribution in [2.45, 2.75) is 6.42 Å². The maximum Gasteiger partial charge on any atom is 0.335 e. The fourth-order valence-electron chi connectivity index (χ4n) is 2.29. The number of carbonyl (C=O) groups excluding carboxylic acids is 1. The van der Waals surface area contributed by atoms with E-state index in [2.05, 4.69) is 5.32 Å². The van der Waals surface area contributed by atoms with Crippen LogP contribution in [0.25, 0.3) is 0 Å². The molecule has 0 saturated carbocycles. The Labute approximate surface area is 145 Å². The van der Waals surface area contributed by atoms with Crippen molar-refractivity contribution in [1.29, 1.82) is 0 Å². The normalized spacial score (nSPS) is 15.8. The highest BCUT2D eigenvalue weighted by atomic mass is 32.2. The van der Waals surface area contributed by atoms with Crippen LogP contribution in [0.1, 0.15) is 15.9 Å². The lowest BCUT2D eigenvalue weighted by molar-refractivity contribution is -0.120. The van der Waals surface area contributed by atoms with Crippen LogP contribution in [-0.4, -0.2) is 66.6 Å². The molecule has 1 aliphatic rings. The van der Waals surface area contributed by atoms with Crippen molar-refractivity contribution in [3.05, 3.63) is 35.4 Å². The fourth-order valence-corrected chi connectivity index (χ4v) is 4.78. The number of carbonyl (C=O) groups is 2. The lowest BCUT2D eigenvalue weighted by atomic mass is 10.1. The van der Waals surface area contributed by atoms with Gasteiger partial charge in [-0.3, -0.25) is 4.79 Å². The second-order valence-electron chi connectivity index (χ2n) is 5.36. The molecule has 0 aliphatic carbocycles. The molecule has 1 amide bonds. The van der Waals surface area contributed by atoms with Crippen LogP contribution in [0.3, 0.4) is 0 Å². The predicted molar refractivity (Wildman–Crippen MR) is 92.8 cm³/mol. The van der Waals surface area contributed by atoms with Gasteiger partial charge in [-0.25, -0.2) is 17.5 Å². The van der Waals surface area contributed by atoms with Gasteiger partial charge in [0.1, 0.15) is 0 Å². The quantitative estimate of drug-likeness (QED) is 0.719. The van der Waals surface area contributed by atoms with E-state index in [4.69, 9.17) is 5.11 Å². The second-order valence-corrected chi connectivity index (χ2v) is 8.67. The molecule has 1 fully saturated rings. The van der Waals surface area contributed by atoms with Gasteiger partial charge in [0.25, 0.3) is 0 Å². The van der Waals surface area contributed by atoms with Gasteiger partial charge in [0.2, 0.25) is 15.9 Å². The van der Waals surface area contributed by atoms with E-state index in [1.54, 1.807) is 23.9 Å². The Balaban J connectivity index is 1.77. The molecule has 1 aliphatic heterocycles. The van der Waals surface area contributed by atoms with Crippen LogP contribution in [0.4, 0.5) is 0 Å². The molecule has 0 bridgehead atoms. The summed E-state index contributed by atoms with van der Waals surface area (Å²) in [4.78, 5) is 22.6. The van der Waals surface area contributed by atoms with E-state index >= 15 is 0 Å². The molecule has 7 nitrogen and oxygen atoms in total. The second kappa shape index (κ2) is 8.50. The highest BCUT2D eigenvalue weighted by Gasteiger charge is 2.23. The van der Waals surface area contributed by atoms with Crippen molar-refractivity contribution in [1.82, 2.24) is 9.62 Å². The summed E-state index contributed by atoms with van der Waals surface area (Å²) in [5.41, 5.74) is 0.832. The molecule has 0 unspecified atom stereocenters. The molecule has 1 aromatic rings. The van der Waals surface area contributed by atoms with Gasteiger partial charge in [0, 0.05) is 31.1 Å². The summed E-state index contributed by atoms with van der Waals surface area (Å²) in [6.07, 6.45) is 0.0836. The molecule has 2 rings (SSSR count). The number of hydrogen-bond donors (Lipinski definition) is 2. The van der Waals surface area contributed by atoms with Gasteiger partial charge in [0.15, 0.2) is 0 Å². The Kier molecular flexibility index (Phi) is 6.64. The van der Waals surface area contributed by atoms with Crippen molar-refractivity contribution in [2.75, 3.05) is 36.9 Å². The summed E-state index contributed by atoms with van der Waals surface area (Å²) in [6.45, 7) is 1.12. The number of rotatable bonds is 7. The van der Waals surface area contributed by atoms with Gasteiger partial charge in [-0.2, -0.15) is 11.8 Å². The van der Waals surface area contributed by atoms with Crippen LogP contribution < -0.4 is 5.32 Å². The zero-order chi connectivity index (χ0) is 17.6. The first kappa shape index (κ1) is 18.8. The highest BCUT2D eigenvalue weighted by molar-refractivity contribution is 7.99. The number of thioether (sulfide) groups is 1. The van der Waals surface area contributed by atoms with Gasteiger partial charge in [-0.1, -0.05) is 12.1 Å². The highest BCUT2D eigenvalue weighted by Crippen LogP contribution is 2.13. The molecule has 1 saturated heterocycles. The Hall–Kier alpha value is -1.58. The lowest BCUT2D eigenvalue weighted by Crippen LogP contribution is -2.42. The van der Waals surface area contributed by atoms with Crippen LogP contribution in [0.15, 0.2) is 24.3 Å². The van der Waals surface area contributed by atoms with Crippen LogP contribution in [0.2, 0.25) is 0 Å². The van der Waals surface area contributed by atoms with Crippen LogP contribution in [-0.2, 0) is 21.2 Å². The molecule has 0 aromatic heterocycles. The molecule has 0 radical (unpaired) electrons. The van der Waals surface area contributed by atoms with E-state index in [0.717, 1.165) is 11.5 Å². The summed E-state index contributed by atoms with van der Waals surface area (Å²) in [6, 6.07) is 6.02. The average molecular weight is 372 g/mol. The predicted octanol–water partition coefficient (Wildman–Crippen LogP) is 0.422. The summed E-state index contributed by atoms with van der Waals surface area (Å²) >= 11 is 1.73. The number of nitrogens with one attached hydrogen (secondary N) is 1. The molecule has 24 heavy (non-hydrogen) atoms. The zero-order valence-electron chi connectivity index (χ0n) is 13.1. The zero-order valence-corrected chi connectivity index (χ0v) is 14.7. The maximum atomic E-state index is 12.1. The molecular weight excluding hydrogens is 352 g/mol. The number of benzene rings is 1. The molecule has 0 atom stereocenters. The number of amides is 1. The molecule has 9 heteroatoms. The van der Waals surface area contributed by atoms with Crippen LogP contribution >= 0.6 is 11.8 Å². The maximum absolute atomic E-state index is 12.1. The van der Waals surface area contributed by atoms with Gasteiger partial charge in [-0.05, 0) is 17.7 Å². The Bertz CT molecular complexity index is 682. The third kappa shape index (κ3) is 5.50.